The Balaban J connectivity index is 2.43. The molecule has 0 spiro atoms. The van der Waals surface area contributed by atoms with E-state index in [1.807, 2.05) is 0 Å². The molecule has 1 aromatic rings. The van der Waals surface area contributed by atoms with Crippen molar-refractivity contribution in [3.8, 4) is 5.88 Å². The summed E-state index contributed by atoms with van der Waals surface area (Å²) in [5, 5.41) is 0. The van der Waals surface area contributed by atoms with E-state index in [0.717, 1.165) is 4.57 Å². The van der Waals surface area contributed by atoms with Gasteiger partial charge in [0.2, 0.25) is 17.9 Å². The molecule has 96 valence electrons. The molecule has 18 heavy (non-hydrogen) atoms. The molecule has 2 rings (SSSR count). The zero-order valence-electron chi connectivity index (χ0n) is 10.2. The highest BCUT2D eigenvalue weighted by molar-refractivity contribution is 6.08. The molecule has 0 amide bonds. The number of nitrogens with zero attached hydrogens (tertiary/aromatic N) is 2. The molecule has 0 aliphatic carbocycles. The van der Waals surface area contributed by atoms with Gasteiger partial charge < -0.3 is 9.47 Å². The molecule has 0 radical (unpaired) electrons. The van der Waals surface area contributed by atoms with Crippen LogP contribution in [0.4, 0.5) is 0 Å². The molecule has 1 saturated heterocycles. The summed E-state index contributed by atoms with van der Waals surface area (Å²) in [6, 6.07) is 1.41. The van der Waals surface area contributed by atoms with Gasteiger partial charge >= 0.3 is 11.7 Å². The molecule has 0 unspecified atom stereocenters. The van der Waals surface area contributed by atoms with E-state index in [1.54, 1.807) is 0 Å². The fourth-order valence-electron chi connectivity index (χ4n) is 1.58. The maximum atomic E-state index is 12.0. The topological polar surface area (TPSA) is 87.5 Å². The number of ketones is 1. The third kappa shape index (κ3) is 1.68. The molecule has 1 fully saturated rings. The van der Waals surface area contributed by atoms with Crippen LogP contribution in [0.3, 0.4) is 0 Å². The van der Waals surface area contributed by atoms with Crippen LogP contribution in [-0.4, -0.2) is 28.4 Å². The molecule has 0 N–H and O–H groups in total. The number of cyclic esters (lactones) is 1. The van der Waals surface area contributed by atoms with Gasteiger partial charge in [-0.05, 0) is 13.8 Å². The van der Waals surface area contributed by atoms with Gasteiger partial charge in [-0.3, -0.25) is 14.2 Å². The lowest BCUT2D eigenvalue weighted by molar-refractivity contribution is -0.150. The molecule has 0 aromatic carbocycles. The van der Waals surface area contributed by atoms with E-state index >= 15 is 0 Å². The number of methoxy groups -OCH3 is 1. The number of carbonyl (C=O) groups is 2. The van der Waals surface area contributed by atoms with Gasteiger partial charge in [0.25, 0.3) is 0 Å². The average Bonchev–Trinajstić information content (AvgIpc) is 2.53. The van der Waals surface area contributed by atoms with Gasteiger partial charge in [-0.2, -0.15) is 4.98 Å². The second-order valence-electron chi connectivity index (χ2n) is 4.41. The highest BCUT2D eigenvalue weighted by Gasteiger charge is 2.51. The van der Waals surface area contributed by atoms with Gasteiger partial charge in [0, 0.05) is 12.3 Å². The summed E-state index contributed by atoms with van der Waals surface area (Å²) in [4.78, 5) is 38.8. The largest absolute Gasteiger partial charge is 0.481 e. The van der Waals surface area contributed by atoms with Crippen molar-refractivity contribution >= 4 is 11.8 Å². The van der Waals surface area contributed by atoms with Crippen molar-refractivity contribution in [2.45, 2.75) is 20.1 Å². The van der Waals surface area contributed by atoms with Crippen molar-refractivity contribution in [2.75, 3.05) is 7.11 Å². The summed E-state index contributed by atoms with van der Waals surface area (Å²) >= 11 is 0. The van der Waals surface area contributed by atoms with Crippen LogP contribution in [0.25, 0.3) is 0 Å². The van der Waals surface area contributed by atoms with Gasteiger partial charge in [0.05, 0.1) is 7.11 Å². The van der Waals surface area contributed by atoms with Crippen molar-refractivity contribution in [3.63, 3.8) is 0 Å². The monoisotopic (exact) mass is 252 g/mol. The van der Waals surface area contributed by atoms with Crippen molar-refractivity contribution < 1.29 is 19.1 Å². The van der Waals surface area contributed by atoms with Crippen LogP contribution in [0, 0.1) is 5.41 Å². The van der Waals surface area contributed by atoms with Crippen molar-refractivity contribution in [3.05, 3.63) is 22.7 Å². The molecule has 1 atom stereocenters. The van der Waals surface area contributed by atoms with E-state index in [2.05, 4.69) is 4.98 Å². The number of aromatic nitrogens is 2. The highest BCUT2D eigenvalue weighted by Crippen LogP contribution is 2.34. The maximum absolute atomic E-state index is 12.0. The SMILES string of the molecule is COc1ccn([C@H]2OC(=O)C(C)(C)C2=O)c(=O)n1. The Morgan fingerprint density at radius 1 is 1.39 bits per heavy atom. The third-order valence-electron chi connectivity index (χ3n) is 2.84. The minimum Gasteiger partial charge on any atom is -0.481 e. The summed E-state index contributed by atoms with van der Waals surface area (Å²) in [5.41, 5.74) is -1.96. The second kappa shape index (κ2) is 3.94. The van der Waals surface area contributed by atoms with Crippen molar-refractivity contribution in [1.82, 2.24) is 9.55 Å². The lowest BCUT2D eigenvalue weighted by Crippen LogP contribution is -2.32. The molecule has 0 bridgehead atoms. The zero-order valence-corrected chi connectivity index (χ0v) is 10.2. The number of Topliss-reactive ketones (excluding diaryl/α,β-unsaturated/α-hetero) is 1. The van der Waals surface area contributed by atoms with E-state index in [-0.39, 0.29) is 5.88 Å². The van der Waals surface area contributed by atoms with E-state index in [4.69, 9.17) is 9.47 Å². The number of carbonyl (C=O) groups excluding carboxylic acids is 2. The smallest absolute Gasteiger partial charge is 0.354 e. The first-order chi connectivity index (χ1) is 8.37. The first kappa shape index (κ1) is 12.3. The number of ether oxygens (including phenoxy) is 2. The Morgan fingerprint density at radius 3 is 2.50 bits per heavy atom. The van der Waals surface area contributed by atoms with Crippen LogP contribution >= 0.6 is 0 Å². The van der Waals surface area contributed by atoms with Gasteiger partial charge in [-0.25, -0.2) is 4.79 Å². The molecule has 1 aromatic heterocycles. The molecule has 7 nitrogen and oxygen atoms in total. The first-order valence-electron chi connectivity index (χ1n) is 5.26. The Kier molecular flexibility index (Phi) is 2.68. The summed E-state index contributed by atoms with van der Waals surface area (Å²) in [6.07, 6.45) is 0.0595. The zero-order chi connectivity index (χ0) is 13.5. The molecule has 0 saturated carbocycles. The van der Waals surface area contributed by atoms with Gasteiger partial charge in [0.15, 0.2) is 0 Å². The molecule has 7 heteroatoms. The summed E-state index contributed by atoms with van der Waals surface area (Å²) in [6.45, 7) is 2.92. The lowest BCUT2D eigenvalue weighted by Gasteiger charge is -2.12. The van der Waals surface area contributed by atoms with Gasteiger partial charge in [0.1, 0.15) is 5.41 Å². The Hall–Kier alpha value is -2.18. The number of hydrogen-bond acceptors (Lipinski definition) is 6. The average molecular weight is 252 g/mol. The van der Waals surface area contributed by atoms with E-state index in [9.17, 15) is 14.4 Å². The highest BCUT2D eigenvalue weighted by atomic mass is 16.6. The minimum atomic E-state index is -1.25. The fourth-order valence-corrected chi connectivity index (χ4v) is 1.58. The summed E-state index contributed by atoms with van der Waals surface area (Å²) in [5.74, 6) is -0.992. The lowest BCUT2D eigenvalue weighted by atomic mass is 9.90. The second-order valence-corrected chi connectivity index (χ2v) is 4.41. The van der Waals surface area contributed by atoms with Crippen LogP contribution in [0.5, 0.6) is 5.88 Å². The quantitative estimate of drug-likeness (QED) is 0.539. The standard InChI is InChI=1S/C11H12N2O5/c1-11(2)7(14)8(18-9(11)15)13-5-4-6(17-3)12-10(13)16/h4-5,8H,1-3H3/t8-/m0/s1. The van der Waals surface area contributed by atoms with E-state index in [0.29, 0.717) is 0 Å². The van der Waals surface area contributed by atoms with Crippen LogP contribution in [0.1, 0.15) is 20.1 Å². The summed E-state index contributed by atoms with van der Waals surface area (Å²) < 4.78 is 10.7. The predicted octanol–water partition coefficient (Wildman–Crippen LogP) is -0.0974. The van der Waals surface area contributed by atoms with Gasteiger partial charge in [-0.15, -0.1) is 0 Å². The van der Waals surface area contributed by atoms with E-state index < -0.39 is 29.1 Å². The van der Waals surface area contributed by atoms with Crippen LogP contribution < -0.4 is 10.4 Å². The number of esters is 1. The van der Waals surface area contributed by atoms with Gasteiger partial charge in [-0.1, -0.05) is 0 Å². The van der Waals surface area contributed by atoms with Crippen LogP contribution in [0.15, 0.2) is 17.1 Å². The Morgan fingerprint density at radius 2 is 2.06 bits per heavy atom. The maximum Gasteiger partial charge on any atom is 0.354 e. The molecular weight excluding hydrogens is 240 g/mol. The van der Waals surface area contributed by atoms with Crippen molar-refractivity contribution in [2.24, 2.45) is 5.41 Å². The van der Waals surface area contributed by atoms with E-state index in [1.165, 1.54) is 33.2 Å². The molecular formula is C11H12N2O5. The Bertz CT molecular complexity index is 575. The molecule has 1 aliphatic heterocycles. The Labute approximate surface area is 102 Å². The van der Waals surface area contributed by atoms with Crippen molar-refractivity contribution in [1.29, 1.82) is 0 Å². The minimum absolute atomic E-state index is 0.132. The van der Waals surface area contributed by atoms with Crippen LogP contribution in [0.2, 0.25) is 0 Å². The fraction of sp³-hybridized carbons (Fsp3) is 0.455. The molecule has 1 aliphatic rings. The molecule has 2 heterocycles. The number of rotatable bonds is 2. The third-order valence-corrected chi connectivity index (χ3v) is 2.84. The number of hydrogen-bond donors (Lipinski definition) is 0. The normalized spacial score (nSPS) is 21.8. The van der Waals surface area contributed by atoms with Crippen LogP contribution in [-0.2, 0) is 14.3 Å². The first-order valence-corrected chi connectivity index (χ1v) is 5.26. The summed E-state index contributed by atoms with van der Waals surface area (Å²) in [7, 11) is 1.37. The predicted molar refractivity (Wildman–Crippen MR) is 59.0 cm³/mol.